The van der Waals surface area contributed by atoms with Crippen LogP contribution in [0.25, 0.3) is 10.9 Å². The van der Waals surface area contributed by atoms with E-state index in [2.05, 4.69) is 15.6 Å². The van der Waals surface area contributed by atoms with Crippen LogP contribution in [-0.4, -0.2) is 119 Å². The average Bonchev–Trinajstić information content (AvgIpc) is 3.65. The Balaban J connectivity index is 1.12. The number of ether oxygens (including phenoxy) is 5. The van der Waals surface area contributed by atoms with E-state index in [4.69, 9.17) is 23.7 Å². The predicted octanol–water partition coefficient (Wildman–Crippen LogP) is 1.24. The number of nitrogens with one attached hydrogen (secondary N) is 3. The topological polar surface area (TPSA) is 178 Å². The lowest BCUT2D eigenvalue weighted by Gasteiger charge is -2.22. The number of halogens is 2. The highest BCUT2D eigenvalue weighted by Gasteiger charge is 2.51. The molecule has 1 fully saturated rings. The van der Waals surface area contributed by atoms with E-state index in [0.29, 0.717) is 87.5 Å². The van der Waals surface area contributed by atoms with Crippen LogP contribution in [0.2, 0.25) is 0 Å². The predicted molar refractivity (Wildman–Crippen MR) is 171 cm³/mol. The molecule has 1 aliphatic heterocycles. The number of H-pyrrole nitrogens is 1. The Morgan fingerprint density at radius 1 is 0.857 bits per heavy atom. The first-order valence-corrected chi connectivity index (χ1v) is 15.7. The molecule has 2 aromatic carbocycles. The molecule has 2 heterocycles. The minimum Gasteiger partial charge on any atom is -0.377 e. The van der Waals surface area contributed by atoms with Crippen LogP contribution in [0.5, 0.6) is 0 Å². The summed E-state index contributed by atoms with van der Waals surface area (Å²) in [7, 11) is 0. The van der Waals surface area contributed by atoms with E-state index in [1.807, 2.05) is 0 Å². The number of nitrogens with zero attached hydrogens (tertiary/aromatic N) is 1. The summed E-state index contributed by atoms with van der Waals surface area (Å²) in [5.74, 6) is -3.78. The summed E-state index contributed by atoms with van der Waals surface area (Å²) in [5, 5.41) is 16.7. The number of amides is 3. The molecule has 3 aromatic rings. The number of carbonyl (C=O) groups excluding carboxylic acids is 4. The lowest BCUT2D eigenvalue weighted by atomic mass is 10.0. The molecule has 1 atom stereocenters. The van der Waals surface area contributed by atoms with E-state index in [1.165, 1.54) is 4.90 Å². The van der Waals surface area contributed by atoms with Gasteiger partial charge in [-0.05, 0) is 42.0 Å². The normalized spacial score (nSPS) is 16.0. The smallest absolute Gasteiger partial charge is 0.268 e. The third-order valence-corrected chi connectivity index (χ3v) is 7.41. The van der Waals surface area contributed by atoms with Crippen molar-refractivity contribution >= 4 is 40.6 Å². The number of aliphatic hydroxyl groups is 1. The Morgan fingerprint density at radius 3 is 2.10 bits per heavy atom. The number of rotatable bonds is 22. The van der Waals surface area contributed by atoms with Gasteiger partial charge in [-0.3, -0.25) is 14.4 Å². The fraction of sp³-hybridized carbons (Fsp3) is 0.455. The molecule has 16 heteroatoms. The molecule has 0 aliphatic carbocycles. The zero-order chi connectivity index (χ0) is 35.1. The molecule has 1 saturated heterocycles. The van der Waals surface area contributed by atoms with E-state index in [-0.39, 0.29) is 50.7 Å². The van der Waals surface area contributed by atoms with E-state index in [1.54, 1.807) is 24.3 Å². The van der Waals surface area contributed by atoms with Crippen molar-refractivity contribution in [2.24, 2.45) is 0 Å². The molecule has 1 aliphatic rings. The largest absolute Gasteiger partial charge is 0.377 e. The van der Waals surface area contributed by atoms with Gasteiger partial charge < -0.3 is 54.1 Å². The van der Waals surface area contributed by atoms with Gasteiger partial charge in [-0.2, -0.15) is 0 Å². The highest BCUT2D eigenvalue weighted by molar-refractivity contribution is 6.16. The van der Waals surface area contributed by atoms with Gasteiger partial charge in [0.15, 0.2) is 0 Å². The van der Waals surface area contributed by atoms with Crippen molar-refractivity contribution in [1.29, 1.82) is 0 Å². The van der Waals surface area contributed by atoms with Crippen LogP contribution < -0.4 is 15.5 Å². The average molecular weight is 691 g/mol. The fourth-order valence-electron chi connectivity index (χ4n) is 4.96. The first-order valence-electron chi connectivity index (χ1n) is 15.7. The molecule has 0 saturated carbocycles. The minimum atomic E-state index is -2.35. The van der Waals surface area contributed by atoms with Crippen LogP contribution in [0.1, 0.15) is 22.5 Å². The molecule has 4 rings (SSSR count). The van der Waals surface area contributed by atoms with Crippen LogP contribution in [0.3, 0.4) is 0 Å². The quantitative estimate of drug-likeness (QED) is 0.0682. The molecule has 0 spiro atoms. The van der Waals surface area contributed by atoms with Crippen LogP contribution in [-0.2, 0) is 44.6 Å². The molecule has 4 N–H and O–H groups in total. The van der Waals surface area contributed by atoms with Gasteiger partial charge in [0.2, 0.25) is 5.60 Å². The van der Waals surface area contributed by atoms with Gasteiger partial charge in [0.05, 0.1) is 59.5 Å². The monoisotopic (exact) mass is 690 g/mol. The van der Waals surface area contributed by atoms with Crippen molar-refractivity contribution < 1.29 is 56.7 Å². The maximum absolute atomic E-state index is 13.5. The molecule has 14 nitrogen and oxygen atoms in total. The van der Waals surface area contributed by atoms with Gasteiger partial charge in [-0.25, -0.2) is 8.78 Å². The standard InChI is InChI=1S/C33H40F2N4O10/c34-25-17-23(18-26(35)21-25)22-37-31(42)33(44)3-5-39(32(33)43)27-1-2-28-24(19-27)20-29(38-28)30(41)36-4-7-45-9-11-47-13-15-49-16-14-48-12-10-46-8-6-40/h1-2,6,17-21,38,44H,3-5,7-16,22H2,(H,36,41)(H,37,42). The number of benzene rings is 2. The number of aldehydes is 1. The summed E-state index contributed by atoms with van der Waals surface area (Å²) >= 11 is 0. The summed E-state index contributed by atoms with van der Waals surface area (Å²) in [6.45, 7) is 3.46. The van der Waals surface area contributed by atoms with Gasteiger partial charge in [0.1, 0.15) is 30.2 Å². The SMILES string of the molecule is O=CCOCCOCCOCCOCCOCCNC(=O)c1cc2cc(N3CCC(O)(C(=O)NCc4cc(F)cc(F)c4)C3=O)ccc2[nH]1. The van der Waals surface area contributed by atoms with E-state index in [9.17, 15) is 33.1 Å². The summed E-state index contributed by atoms with van der Waals surface area (Å²) in [4.78, 5) is 53.0. The summed E-state index contributed by atoms with van der Waals surface area (Å²) in [5.41, 5.74) is -0.851. The number of hydrogen-bond donors (Lipinski definition) is 4. The van der Waals surface area contributed by atoms with Gasteiger partial charge in [0, 0.05) is 48.7 Å². The Bertz CT molecular complexity index is 1550. The second kappa shape index (κ2) is 19.0. The number of fused-ring (bicyclic) bond motifs is 1. The third kappa shape index (κ3) is 11.1. The van der Waals surface area contributed by atoms with Gasteiger partial charge in [-0.1, -0.05) is 0 Å². The van der Waals surface area contributed by atoms with Crippen LogP contribution >= 0.6 is 0 Å². The number of hydrogen-bond acceptors (Lipinski definition) is 10. The Labute approximate surface area is 281 Å². The maximum atomic E-state index is 13.5. The first-order chi connectivity index (χ1) is 23.7. The van der Waals surface area contributed by atoms with Crippen molar-refractivity contribution in [3.63, 3.8) is 0 Å². The van der Waals surface area contributed by atoms with Gasteiger partial charge >= 0.3 is 0 Å². The van der Waals surface area contributed by atoms with Gasteiger partial charge in [-0.15, -0.1) is 0 Å². The van der Waals surface area contributed by atoms with Crippen LogP contribution in [0.4, 0.5) is 14.5 Å². The molecule has 0 bridgehead atoms. The number of carbonyl (C=O) groups is 4. The van der Waals surface area contributed by atoms with Crippen molar-refractivity contribution in [2.45, 2.75) is 18.6 Å². The molecule has 49 heavy (non-hydrogen) atoms. The van der Waals surface area contributed by atoms with Crippen molar-refractivity contribution in [3.05, 3.63) is 65.4 Å². The molecule has 3 amide bonds. The molecule has 266 valence electrons. The zero-order valence-electron chi connectivity index (χ0n) is 26.8. The molecule has 1 unspecified atom stereocenters. The lowest BCUT2D eigenvalue weighted by molar-refractivity contribution is -0.149. The van der Waals surface area contributed by atoms with E-state index in [0.717, 1.165) is 12.1 Å². The highest BCUT2D eigenvalue weighted by Crippen LogP contribution is 2.31. The Hall–Kier alpha value is -4.32. The second-order valence-corrected chi connectivity index (χ2v) is 10.9. The second-order valence-electron chi connectivity index (χ2n) is 10.9. The maximum Gasteiger partial charge on any atom is 0.268 e. The molecular weight excluding hydrogens is 650 g/mol. The Morgan fingerprint density at radius 2 is 1.47 bits per heavy atom. The van der Waals surface area contributed by atoms with Crippen molar-refractivity contribution in [1.82, 2.24) is 15.6 Å². The lowest BCUT2D eigenvalue weighted by Crippen LogP contribution is -2.52. The van der Waals surface area contributed by atoms with Crippen LogP contribution in [0.15, 0.2) is 42.5 Å². The van der Waals surface area contributed by atoms with Crippen LogP contribution in [0, 0.1) is 11.6 Å². The van der Waals surface area contributed by atoms with E-state index < -0.39 is 29.0 Å². The molecule has 1 aromatic heterocycles. The fourth-order valence-corrected chi connectivity index (χ4v) is 4.96. The molecule has 0 radical (unpaired) electrons. The number of aromatic amines is 1. The minimum absolute atomic E-state index is 0.0526. The van der Waals surface area contributed by atoms with Gasteiger partial charge in [0.25, 0.3) is 17.7 Å². The number of aromatic nitrogens is 1. The Kier molecular flexibility index (Phi) is 14.6. The first kappa shape index (κ1) is 37.5. The number of anilines is 1. The third-order valence-electron chi connectivity index (χ3n) is 7.41. The highest BCUT2D eigenvalue weighted by atomic mass is 19.1. The summed E-state index contributed by atoms with van der Waals surface area (Å²) < 4.78 is 53.5. The van der Waals surface area contributed by atoms with Crippen molar-refractivity contribution in [3.8, 4) is 0 Å². The zero-order valence-corrected chi connectivity index (χ0v) is 26.8. The van der Waals surface area contributed by atoms with E-state index >= 15 is 0 Å². The van der Waals surface area contributed by atoms with Crippen molar-refractivity contribution in [2.75, 3.05) is 84.1 Å². The summed E-state index contributed by atoms with van der Waals surface area (Å²) in [6.07, 6.45) is 0.498. The summed E-state index contributed by atoms with van der Waals surface area (Å²) in [6, 6.07) is 9.39. The molecular formula is C33H40F2N4O10.